The Morgan fingerprint density at radius 1 is 0.432 bits per heavy atom. The number of alkyl halides is 3. The molecule has 7 aromatic rings. The van der Waals surface area contributed by atoms with Crippen molar-refractivity contribution in [1.29, 1.82) is 0 Å². The maximum atomic E-state index is 14.6. The van der Waals surface area contributed by atoms with E-state index in [0.717, 1.165) is 16.7 Å². The first-order valence-electron chi connectivity index (χ1n) is 30.9. The van der Waals surface area contributed by atoms with E-state index in [-0.39, 0.29) is 62.8 Å². The van der Waals surface area contributed by atoms with Crippen molar-refractivity contribution >= 4 is 29.8 Å². The third-order valence-electron chi connectivity index (χ3n) is 15.5. The van der Waals surface area contributed by atoms with Crippen LogP contribution in [0.5, 0.6) is 0 Å². The highest BCUT2D eigenvalue weighted by molar-refractivity contribution is 5.90. The fourth-order valence-electron chi connectivity index (χ4n) is 10.7. The number of carbonyl (C=O) groups is 5. The molecule has 0 radical (unpaired) electrons. The average Bonchev–Trinajstić information content (AvgIpc) is 0.776. The van der Waals surface area contributed by atoms with Crippen LogP contribution in [0.4, 0.5) is 13.2 Å². The molecule has 13 atom stereocenters. The normalized spacial score (nSPS) is 24.3. The van der Waals surface area contributed by atoms with Crippen molar-refractivity contribution in [2.45, 2.75) is 126 Å². The lowest BCUT2D eigenvalue weighted by Gasteiger charge is -2.49. The van der Waals surface area contributed by atoms with Gasteiger partial charge in [0.1, 0.15) is 49.3 Å². The largest absolute Gasteiger partial charge is 0.471 e. The molecule has 500 valence electrons. The quantitative estimate of drug-likeness (QED) is 0.0261. The van der Waals surface area contributed by atoms with Crippen molar-refractivity contribution in [1.82, 2.24) is 5.32 Å². The van der Waals surface area contributed by atoms with Gasteiger partial charge < -0.3 is 71.6 Å². The molecule has 3 aliphatic rings. The van der Waals surface area contributed by atoms with Gasteiger partial charge in [-0.15, -0.1) is 0 Å². The Morgan fingerprint density at radius 2 is 0.821 bits per heavy atom. The van der Waals surface area contributed by atoms with Gasteiger partial charge in [-0.3, -0.25) is 9.59 Å². The molecule has 1 N–H and O–H groups in total. The van der Waals surface area contributed by atoms with Crippen LogP contribution in [0.25, 0.3) is 0 Å². The fourth-order valence-corrected chi connectivity index (χ4v) is 10.7. The van der Waals surface area contributed by atoms with Gasteiger partial charge in [0.15, 0.2) is 37.2 Å². The predicted octanol–water partition coefficient (Wildman–Crippen LogP) is 9.86. The number of hydrogen-bond acceptors (Lipinski definition) is 19. The van der Waals surface area contributed by atoms with E-state index in [2.05, 4.69) is 0 Å². The summed E-state index contributed by atoms with van der Waals surface area (Å²) in [7, 11) is 0. The first kappa shape index (κ1) is 69.1. The first-order valence-corrected chi connectivity index (χ1v) is 30.9. The molecule has 7 aromatic carbocycles. The summed E-state index contributed by atoms with van der Waals surface area (Å²) in [5.74, 6) is -5.53. The topological polar surface area (TPSA) is 227 Å². The second-order valence-corrected chi connectivity index (χ2v) is 22.3. The van der Waals surface area contributed by atoms with E-state index >= 15 is 0 Å². The molecule has 0 unspecified atom stereocenters. The number of nitrogens with one attached hydrogen (secondary N) is 1. The van der Waals surface area contributed by atoms with Crippen molar-refractivity contribution in [3.05, 3.63) is 251 Å². The number of benzene rings is 7. The van der Waals surface area contributed by atoms with Crippen LogP contribution in [0.15, 0.2) is 212 Å². The minimum Gasteiger partial charge on any atom is -0.459 e. The van der Waals surface area contributed by atoms with Crippen molar-refractivity contribution in [3.63, 3.8) is 0 Å². The fraction of sp³-hybridized carbons (Fsp3) is 0.347. The molecule has 20 nitrogen and oxygen atoms in total. The monoisotopic (exact) mass is 1310 g/mol. The highest BCUT2D eigenvalue weighted by Gasteiger charge is 2.57. The lowest BCUT2D eigenvalue weighted by atomic mass is 9.97. The minimum atomic E-state index is -5.18. The van der Waals surface area contributed by atoms with Crippen molar-refractivity contribution in [2.75, 3.05) is 33.0 Å². The van der Waals surface area contributed by atoms with Gasteiger partial charge in [-0.1, -0.05) is 176 Å². The number of carbonyl (C=O) groups excluding carboxylic acids is 5. The number of ether oxygens (including phenoxy) is 14. The van der Waals surface area contributed by atoms with Gasteiger partial charge in [-0.25, -0.2) is 14.4 Å². The lowest BCUT2D eigenvalue weighted by Crippen LogP contribution is -2.66. The Bertz CT molecular complexity index is 3500. The molecule has 1 amide bonds. The van der Waals surface area contributed by atoms with Crippen LogP contribution in [0, 0.1) is 0 Å². The number of rotatable bonds is 29. The molecule has 3 fully saturated rings. The second kappa shape index (κ2) is 34.6. The van der Waals surface area contributed by atoms with Gasteiger partial charge in [-0.2, -0.15) is 13.2 Å². The maximum absolute atomic E-state index is 14.6. The Labute approximate surface area is 546 Å². The molecule has 3 aliphatic heterocycles. The highest BCUT2D eigenvalue weighted by atomic mass is 19.4. The number of hydrogen-bond donors (Lipinski definition) is 1. The van der Waals surface area contributed by atoms with E-state index in [4.69, 9.17) is 66.3 Å². The van der Waals surface area contributed by atoms with Crippen LogP contribution >= 0.6 is 0 Å². The van der Waals surface area contributed by atoms with Crippen LogP contribution in [0.3, 0.4) is 0 Å². The number of esters is 4. The van der Waals surface area contributed by atoms with Gasteiger partial charge in [0.2, 0.25) is 0 Å². The standard InChI is InChI=1S/C72H72F3NO19/c1-47(77)90-58-55(83-40-48-24-9-2-10-25-48)44-88-68(62(58)85-42-50-28-13-4-14-29-50)94-59-56(84-41-49-26-11-3-12-27-49)45-89-69(63(59)86-43-51-30-15-5-16-31-51)95-61-60(92-66(79)53-34-19-7-20-35-53)57(46-87-65(78)52-32-17-6-18-33-52)91-70(82-39-23-38-76-71(81)72(73,74)75)64(61)93-67(80)54-36-21-8-22-37-54/h2-22,24-37,55-64,68-70H,23,38-46H2,1H3,(H,76,81)/t55-,56-,57-,58+,59+,60-,61+,62-,63-,64-,68+,69-,70-/m1/s1. The van der Waals surface area contributed by atoms with E-state index in [1.54, 1.807) is 54.6 Å². The molecule has 95 heavy (non-hydrogen) atoms. The van der Waals surface area contributed by atoms with E-state index in [9.17, 15) is 37.1 Å². The van der Waals surface area contributed by atoms with Gasteiger partial charge >= 0.3 is 36.0 Å². The summed E-state index contributed by atoms with van der Waals surface area (Å²) in [4.78, 5) is 68.2. The molecule has 23 heteroatoms. The summed E-state index contributed by atoms with van der Waals surface area (Å²) in [5, 5.41) is 1.81. The summed E-state index contributed by atoms with van der Waals surface area (Å²) in [6.07, 6.45) is -24.2. The third-order valence-corrected chi connectivity index (χ3v) is 15.5. The Balaban J connectivity index is 1.07. The first-order chi connectivity index (χ1) is 46.2. The minimum absolute atomic E-state index is 0.0114. The highest BCUT2D eigenvalue weighted by Crippen LogP contribution is 2.37. The molecule has 3 saturated heterocycles. The van der Waals surface area contributed by atoms with Gasteiger partial charge in [-0.05, 0) is 65.1 Å². The molecular weight excluding hydrogens is 1240 g/mol. The van der Waals surface area contributed by atoms with Crippen LogP contribution in [-0.2, 0) is 102 Å². The van der Waals surface area contributed by atoms with Crippen LogP contribution in [0.1, 0.15) is 66.7 Å². The molecule has 3 heterocycles. The molecule has 0 saturated carbocycles. The molecule has 0 bridgehead atoms. The summed E-state index contributed by atoms with van der Waals surface area (Å²) in [6.45, 7) is -0.873. The zero-order valence-electron chi connectivity index (χ0n) is 51.7. The van der Waals surface area contributed by atoms with Crippen LogP contribution in [0.2, 0.25) is 0 Å². The van der Waals surface area contributed by atoms with Gasteiger partial charge in [0.25, 0.3) is 0 Å². The van der Waals surface area contributed by atoms with Crippen LogP contribution in [-0.4, -0.2) is 149 Å². The van der Waals surface area contributed by atoms with Crippen molar-refractivity contribution in [2.24, 2.45) is 0 Å². The average molecular weight is 1310 g/mol. The SMILES string of the molecule is CC(=O)O[C@@H]1[C@@H](OCc2ccccc2)[C@H](O[C@@H]2[C@@H](OCc3ccccc3)[C@@H](O[C@@H]3[C@@H](OC(=O)c4ccccc4)[C@H](OCCCNC(=O)C(F)(F)F)O[C@H](COC(=O)c4ccccc4)[C@H]3OC(=O)c3ccccc3)OC[C@H]2OCc2ccccc2)OC[C@H]1OCc1ccccc1. The van der Waals surface area contributed by atoms with E-state index < -0.39 is 136 Å². The second-order valence-electron chi connectivity index (χ2n) is 22.3. The molecule has 0 aliphatic carbocycles. The summed E-state index contributed by atoms with van der Waals surface area (Å²) < 4.78 is 133. The number of halogens is 3. The number of amides is 1. The zero-order valence-corrected chi connectivity index (χ0v) is 51.7. The van der Waals surface area contributed by atoms with Crippen molar-refractivity contribution in [3.8, 4) is 0 Å². The van der Waals surface area contributed by atoms with Crippen LogP contribution < -0.4 is 5.32 Å². The van der Waals surface area contributed by atoms with Gasteiger partial charge in [0.05, 0.1) is 62.9 Å². The van der Waals surface area contributed by atoms with Crippen molar-refractivity contribution < 1.29 is 103 Å². The zero-order chi connectivity index (χ0) is 66.4. The Morgan fingerprint density at radius 3 is 1.26 bits per heavy atom. The Kier molecular flexibility index (Phi) is 25.2. The maximum Gasteiger partial charge on any atom is 0.471 e. The third kappa shape index (κ3) is 19.9. The lowest BCUT2D eigenvalue weighted by molar-refractivity contribution is -0.373. The van der Waals surface area contributed by atoms with E-state index in [1.807, 2.05) is 127 Å². The smallest absolute Gasteiger partial charge is 0.459 e. The van der Waals surface area contributed by atoms with E-state index in [0.29, 0.717) is 5.56 Å². The molecule has 10 rings (SSSR count). The molecular formula is C72H72F3NO19. The molecule has 0 aromatic heterocycles. The molecule has 0 spiro atoms. The summed E-state index contributed by atoms with van der Waals surface area (Å²) >= 11 is 0. The predicted molar refractivity (Wildman–Crippen MR) is 331 cm³/mol. The summed E-state index contributed by atoms with van der Waals surface area (Å²) in [5.41, 5.74) is 3.30. The summed E-state index contributed by atoms with van der Waals surface area (Å²) in [6, 6.07) is 60.7. The Hall–Kier alpha value is -8.72. The van der Waals surface area contributed by atoms with E-state index in [1.165, 1.54) is 43.3 Å². The van der Waals surface area contributed by atoms with Gasteiger partial charge in [0, 0.05) is 13.5 Å².